The molecule has 1 spiro atoms. The number of benzene rings is 1. The highest BCUT2D eigenvalue weighted by atomic mass is 16.6. The fraction of sp³-hybridized carbons (Fsp3) is 0.642. The average Bonchev–Trinajstić information content (AvgIpc) is 3.63. The molecular weight excluding hydrogens is 777 g/mol. The van der Waals surface area contributed by atoms with Crippen molar-refractivity contribution >= 4 is 6.29 Å². The molecule has 62 heavy (non-hydrogen) atoms. The van der Waals surface area contributed by atoms with Gasteiger partial charge in [0.25, 0.3) is 0 Å². The molecule has 1 heterocycles. The molecule has 4 bridgehead atoms. The number of hydrogen-bond acceptors (Lipinski definition) is 9. The van der Waals surface area contributed by atoms with Crippen LogP contribution < -0.4 is 10.6 Å². The van der Waals surface area contributed by atoms with Gasteiger partial charge >= 0.3 is 0 Å². The van der Waals surface area contributed by atoms with Crippen molar-refractivity contribution in [1.29, 1.82) is 0 Å². The summed E-state index contributed by atoms with van der Waals surface area (Å²) in [7, 11) is 3.69. The number of ether oxygens (including phenoxy) is 2. The van der Waals surface area contributed by atoms with Gasteiger partial charge in [-0.3, -0.25) is 4.79 Å². The number of methoxy groups -OCH3 is 1. The van der Waals surface area contributed by atoms with Crippen molar-refractivity contribution in [3.63, 3.8) is 0 Å². The third kappa shape index (κ3) is 10.4. The molecule has 5 aliphatic rings. The van der Waals surface area contributed by atoms with Gasteiger partial charge in [0, 0.05) is 49.7 Å². The average molecular weight is 855 g/mol. The SMILES string of the molecule is C=C(C=CC=C(COCO)C1CCC2(C1O)C1C(=C(C)C=O)C(C=CC1CCO)CC2(O)CCNC)C1CC=C(C)CNC(CCOC)(C2CCCCC2)Cc2cccc(c2)C1. The Hall–Kier alpha value is -2.99. The molecule has 3 fully saturated rings. The summed E-state index contributed by atoms with van der Waals surface area (Å²) >= 11 is 0. The number of rotatable bonds is 17. The molecule has 0 saturated heterocycles. The van der Waals surface area contributed by atoms with E-state index in [4.69, 9.17) is 9.47 Å². The Morgan fingerprint density at radius 2 is 1.89 bits per heavy atom. The van der Waals surface area contributed by atoms with Crippen LogP contribution in [0, 0.1) is 40.9 Å². The molecule has 1 aliphatic heterocycles. The van der Waals surface area contributed by atoms with Crippen LogP contribution in [-0.2, 0) is 27.1 Å². The monoisotopic (exact) mass is 855 g/mol. The van der Waals surface area contributed by atoms with E-state index >= 15 is 0 Å². The van der Waals surface area contributed by atoms with Crippen LogP contribution in [0.3, 0.4) is 0 Å². The minimum absolute atomic E-state index is 0.0156. The van der Waals surface area contributed by atoms with Crippen LogP contribution in [0.1, 0.15) is 102 Å². The van der Waals surface area contributed by atoms with Gasteiger partial charge in [-0.2, -0.15) is 0 Å². The maximum atomic E-state index is 12.9. The Morgan fingerprint density at radius 3 is 2.61 bits per heavy atom. The number of carbonyl (C=O) groups is 1. The Labute approximate surface area is 372 Å². The quantitative estimate of drug-likeness (QED) is 0.0309. The number of fused-ring (bicyclic) bond motifs is 5. The maximum absolute atomic E-state index is 12.9. The molecule has 4 aliphatic carbocycles. The van der Waals surface area contributed by atoms with Crippen LogP contribution in [0.4, 0.5) is 0 Å². The lowest BCUT2D eigenvalue weighted by Gasteiger charge is -2.61. The molecule has 342 valence electrons. The highest BCUT2D eigenvalue weighted by Gasteiger charge is 2.68. The van der Waals surface area contributed by atoms with Gasteiger partial charge in [-0.1, -0.05) is 103 Å². The van der Waals surface area contributed by atoms with E-state index in [0.717, 1.165) is 61.8 Å². The van der Waals surface area contributed by atoms with E-state index in [1.807, 2.05) is 33.2 Å². The van der Waals surface area contributed by atoms with Crippen molar-refractivity contribution in [2.45, 2.75) is 121 Å². The van der Waals surface area contributed by atoms with Gasteiger partial charge in [-0.25, -0.2) is 0 Å². The fourth-order valence-corrected chi connectivity index (χ4v) is 12.8. The first-order valence-corrected chi connectivity index (χ1v) is 23.7. The number of aliphatic hydroxyl groups excluding tert-OH is 3. The number of allylic oxidation sites excluding steroid dienone is 9. The van der Waals surface area contributed by atoms with Crippen LogP contribution in [0.2, 0.25) is 0 Å². The number of hydrogen-bond donors (Lipinski definition) is 6. The number of aliphatic hydroxyl groups is 4. The fourth-order valence-electron chi connectivity index (χ4n) is 12.8. The number of carbonyl (C=O) groups excluding carboxylic acids is 1. The topological polar surface area (TPSA) is 141 Å². The molecule has 0 aromatic heterocycles. The minimum atomic E-state index is -1.23. The van der Waals surface area contributed by atoms with Gasteiger partial charge in [0.1, 0.15) is 13.1 Å². The van der Waals surface area contributed by atoms with Crippen molar-refractivity contribution < 1.29 is 34.7 Å². The molecule has 1 aromatic rings. The van der Waals surface area contributed by atoms with Gasteiger partial charge in [-0.15, -0.1) is 0 Å². The zero-order valence-electron chi connectivity index (χ0n) is 38.3. The molecule has 1 aromatic carbocycles. The summed E-state index contributed by atoms with van der Waals surface area (Å²) < 4.78 is 11.4. The summed E-state index contributed by atoms with van der Waals surface area (Å²) in [5, 5.41) is 53.2. The second kappa shape index (κ2) is 22.3. The Morgan fingerprint density at radius 1 is 1.10 bits per heavy atom. The highest BCUT2D eigenvalue weighted by molar-refractivity contribution is 5.74. The Bertz CT molecular complexity index is 1830. The first-order valence-electron chi connectivity index (χ1n) is 23.7. The molecule has 3 saturated carbocycles. The van der Waals surface area contributed by atoms with Gasteiger partial charge in [0.15, 0.2) is 0 Å². The van der Waals surface area contributed by atoms with E-state index in [1.54, 1.807) is 0 Å². The van der Waals surface area contributed by atoms with Crippen molar-refractivity contribution in [1.82, 2.24) is 10.6 Å². The lowest BCUT2D eigenvalue weighted by Crippen LogP contribution is -2.65. The van der Waals surface area contributed by atoms with E-state index in [2.05, 4.69) is 72.7 Å². The first-order chi connectivity index (χ1) is 30.0. The van der Waals surface area contributed by atoms with Crippen molar-refractivity contribution in [3.8, 4) is 0 Å². The number of nitrogens with one attached hydrogen (secondary N) is 2. The van der Waals surface area contributed by atoms with Crippen LogP contribution in [0.25, 0.3) is 0 Å². The third-order valence-electron chi connectivity index (χ3n) is 16.0. The zero-order chi connectivity index (χ0) is 44.3. The predicted molar refractivity (Wildman–Crippen MR) is 248 cm³/mol. The summed E-state index contributed by atoms with van der Waals surface area (Å²) in [6.07, 6.45) is 25.3. The molecule has 9 heteroatoms. The Balaban J connectivity index is 1.28. The predicted octanol–water partition coefficient (Wildman–Crippen LogP) is 7.51. The molecule has 9 nitrogen and oxygen atoms in total. The van der Waals surface area contributed by atoms with Gasteiger partial charge in [-0.05, 0) is 144 Å². The summed E-state index contributed by atoms with van der Waals surface area (Å²) in [6.45, 7) is 10.5. The normalized spacial score (nSPS) is 34.2. The zero-order valence-corrected chi connectivity index (χ0v) is 38.3. The van der Waals surface area contributed by atoms with Crippen molar-refractivity contribution in [2.75, 3.05) is 53.9 Å². The lowest BCUT2D eigenvalue weighted by molar-refractivity contribution is -0.194. The second-order valence-electron chi connectivity index (χ2n) is 19.5. The summed E-state index contributed by atoms with van der Waals surface area (Å²) in [6, 6.07) is 9.16. The molecule has 0 radical (unpaired) electrons. The van der Waals surface area contributed by atoms with Crippen molar-refractivity contribution in [2.24, 2.45) is 40.9 Å². The smallest absolute Gasteiger partial charge is 0.145 e. The molecule has 6 N–H and O–H groups in total. The van der Waals surface area contributed by atoms with E-state index in [9.17, 15) is 25.2 Å². The largest absolute Gasteiger partial charge is 0.396 e. The number of aldehydes is 1. The van der Waals surface area contributed by atoms with E-state index in [-0.39, 0.29) is 48.3 Å². The van der Waals surface area contributed by atoms with E-state index in [1.165, 1.54) is 48.8 Å². The maximum Gasteiger partial charge on any atom is 0.145 e. The molecule has 9 unspecified atom stereocenters. The molecule has 0 amide bonds. The first kappa shape index (κ1) is 48.5. The van der Waals surface area contributed by atoms with Crippen molar-refractivity contribution in [3.05, 3.63) is 106 Å². The molecule has 6 rings (SSSR count). The van der Waals surface area contributed by atoms with Crippen LogP contribution in [0.15, 0.2) is 95.2 Å². The standard InChI is InChI=1S/C53H78N2O7/c1-37-17-18-43(30-40-12-10-13-41(29-40)31-51(55-33-37,25-28-61-5)46-15-7-6-8-16-46)38(2)11-9-14-45(35-62-36-58)47-21-23-53(50(47)59)49-42(22-27-56)19-20-44(48(49)39(3)34-57)32-52(53,60)24-26-54-4/h9-14,17,19-20,29,34,42-44,46-47,49-50,54-56,58-60H,2,6-8,15-16,18,21-28,30-33,35-36H2,1,3-5H3. The van der Waals surface area contributed by atoms with E-state index in [0.29, 0.717) is 50.1 Å². The third-order valence-corrected chi connectivity index (χ3v) is 16.0. The van der Waals surface area contributed by atoms with Crippen LogP contribution in [-0.4, -0.2) is 97.8 Å². The molecular formula is C53H78N2O7. The summed E-state index contributed by atoms with van der Waals surface area (Å²) in [4.78, 5) is 12.4. The Kier molecular flexibility index (Phi) is 17.4. The molecule has 9 atom stereocenters. The van der Waals surface area contributed by atoms with Gasteiger partial charge in [0.05, 0.1) is 18.3 Å². The lowest BCUT2D eigenvalue weighted by atomic mass is 9.45. The van der Waals surface area contributed by atoms with Gasteiger partial charge in [0.2, 0.25) is 0 Å². The van der Waals surface area contributed by atoms with E-state index < -0.39 is 23.9 Å². The summed E-state index contributed by atoms with van der Waals surface area (Å²) in [5.41, 5.74) is 5.28. The van der Waals surface area contributed by atoms with Crippen LogP contribution >= 0.6 is 0 Å². The second-order valence-corrected chi connectivity index (χ2v) is 19.5. The van der Waals surface area contributed by atoms with Crippen LogP contribution in [0.5, 0.6) is 0 Å². The summed E-state index contributed by atoms with van der Waals surface area (Å²) in [5.74, 6) is -0.151. The minimum Gasteiger partial charge on any atom is -0.396 e. The van der Waals surface area contributed by atoms with Gasteiger partial charge < -0.3 is 40.5 Å². The highest BCUT2D eigenvalue weighted by Crippen LogP contribution is 2.67.